The third-order valence-electron chi connectivity index (χ3n) is 4.21. The molecule has 2 aromatic rings. The third kappa shape index (κ3) is 4.04. The maximum absolute atomic E-state index is 13.0. The number of β-amino-alcohol motifs (C(OH)–C–C–N with tert-alkyl or cyclic N) is 1. The van der Waals surface area contributed by atoms with E-state index in [1.807, 2.05) is 0 Å². The number of alkyl halides is 3. The van der Waals surface area contributed by atoms with E-state index in [2.05, 4.69) is 4.98 Å². The van der Waals surface area contributed by atoms with Gasteiger partial charge in [0.2, 0.25) is 11.8 Å². The van der Waals surface area contributed by atoms with E-state index in [0.29, 0.717) is 23.4 Å². The summed E-state index contributed by atoms with van der Waals surface area (Å²) in [5.74, 6) is -0.0293. The monoisotopic (exact) mass is 381 g/mol. The lowest BCUT2D eigenvalue weighted by molar-refractivity contribution is -0.141. The fourth-order valence-corrected chi connectivity index (χ4v) is 2.99. The van der Waals surface area contributed by atoms with Crippen LogP contribution < -0.4 is 15.4 Å². The van der Waals surface area contributed by atoms with Gasteiger partial charge in [0.25, 0.3) is 0 Å². The number of anilines is 1. The van der Waals surface area contributed by atoms with Crippen LogP contribution in [0, 0.1) is 0 Å². The van der Waals surface area contributed by atoms with Crippen molar-refractivity contribution in [3.8, 4) is 11.6 Å². The zero-order valence-corrected chi connectivity index (χ0v) is 14.3. The normalized spacial score (nSPS) is 14.3. The minimum absolute atomic E-state index is 0.0896. The summed E-state index contributed by atoms with van der Waals surface area (Å²) in [6, 6.07) is 7.19. The van der Waals surface area contributed by atoms with Crippen molar-refractivity contribution in [1.29, 1.82) is 0 Å². The van der Waals surface area contributed by atoms with Crippen LogP contribution in [-0.2, 0) is 23.9 Å². The number of rotatable bonds is 5. The Morgan fingerprint density at radius 3 is 2.70 bits per heavy atom. The van der Waals surface area contributed by atoms with Crippen LogP contribution in [0.25, 0.3) is 0 Å². The Balaban J connectivity index is 1.99. The summed E-state index contributed by atoms with van der Waals surface area (Å²) in [4.78, 5) is 17.1. The molecule has 2 heterocycles. The molecular weight excluding hydrogens is 363 g/mol. The van der Waals surface area contributed by atoms with Gasteiger partial charge < -0.3 is 20.5 Å². The first-order valence-electron chi connectivity index (χ1n) is 8.32. The molecule has 0 unspecified atom stereocenters. The number of halogens is 3. The summed E-state index contributed by atoms with van der Waals surface area (Å²) in [7, 11) is 0. The summed E-state index contributed by atoms with van der Waals surface area (Å²) >= 11 is 0. The number of ether oxygens (including phenoxy) is 1. The van der Waals surface area contributed by atoms with Crippen LogP contribution in [0.3, 0.4) is 0 Å². The van der Waals surface area contributed by atoms with Crippen molar-refractivity contribution < 1.29 is 27.8 Å². The van der Waals surface area contributed by atoms with Crippen LogP contribution in [0.2, 0.25) is 0 Å². The molecule has 0 saturated heterocycles. The average Bonchev–Trinajstić information content (AvgIpc) is 2.63. The number of pyridine rings is 1. The zero-order chi connectivity index (χ0) is 19.6. The summed E-state index contributed by atoms with van der Waals surface area (Å²) in [6.07, 6.45) is -4.02. The van der Waals surface area contributed by atoms with Crippen LogP contribution in [0.4, 0.5) is 18.9 Å². The Hall–Kier alpha value is -2.65. The second-order valence-electron chi connectivity index (χ2n) is 6.03. The summed E-state index contributed by atoms with van der Waals surface area (Å²) in [5.41, 5.74) is 5.90. The van der Waals surface area contributed by atoms with Crippen LogP contribution in [0.1, 0.15) is 23.2 Å². The molecule has 1 aromatic carbocycles. The van der Waals surface area contributed by atoms with Crippen molar-refractivity contribution in [3.63, 3.8) is 0 Å². The van der Waals surface area contributed by atoms with Crippen LogP contribution in [0.15, 0.2) is 30.3 Å². The quantitative estimate of drug-likeness (QED) is 0.831. The number of carbonyl (C=O) groups is 1. The van der Waals surface area contributed by atoms with Crippen LogP contribution in [-0.4, -0.2) is 29.1 Å². The summed E-state index contributed by atoms with van der Waals surface area (Å²) in [5, 5.41) is 9.18. The molecule has 3 rings (SSSR count). The molecule has 0 aliphatic carbocycles. The van der Waals surface area contributed by atoms with E-state index in [4.69, 9.17) is 10.5 Å². The number of aromatic nitrogens is 1. The first-order chi connectivity index (χ1) is 12.8. The fourth-order valence-electron chi connectivity index (χ4n) is 2.99. The smallest absolute Gasteiger partial charge is 0.433 e. The van der Waals surface area contributed by atoms with E-state index in [-0.39, 0.29) is 43.5 Å². The lowest BCUT2D eigenvalue weighted by Gasteiger charge is -2.30. The van der Waals surface area contributed by atoms with Gasteiger partial charge in [0.05, 0.1) is 12.3 Å². The number of nitrogens with two attached hydrogens (primary N) is 1. The van der Waals surface area contributed by atoms with Crippen molar-refractivity contribution >= 4 is 11.6 Å². The maximum atomic E-state index is 13.0. The Morgan fingerprint density at radius 2 is 2.04 bits per heavy atom. The molecule has 1 aromatic heterocycles. The van der Waals surface area contributed by atoms with E-state index in [1.165, 1.54) is 11.0 Å². The number of nitrogens with zero attached hydrogens (tertiary/aromatic N) is 2. The van der Waals surface area contributed by atoms with Gasteiger partial charge in [0, 0.05) is 31.1 Å². The van der Waals surface area contributed by atoms with Crippen molar-refractivity contribution in [3.05, 3.63) is 47.2 Å². The standard InChI is InChI=1S/C18H18F3N3O3/c19-18(20,21)15-8-11(10-22)9-16(23-15)27-14-3-1-2-13-12(14)4-5-17(26)24(13)6-7-25/h1-3,8-9,25H,4-7,10,22H2. The molecule has 0 radical (unpaired) electrons. The van der Waals surface area contributed by atoms with Gasteiger partial charge in [0.15, 0.2) is 0 Å². The lowest BCUT2D eigenvalue weighted by Crippen LogP contribution is -2.37. The van der Waals surface area contributed by atoms with Gasteiger partial charge in [-0.25, -0.2) is 4.98 Å². The van der Waals surface area contributed by atoms with Gasteiger partial charge in [-0.2, -0.15) is 13.2 Å². The first kappa shape index (κ1) is 19.1. The molecule has 0 atom stereocenters. The molecule has 0 bridgehead atoms. The largest absolute Gasteiger partial charge is 0.439 e. The van der Waals surface area contributed by atoms with Gasteiger partial charge in [-0.3, -0.25) is 4.79 Å². The minimum Gasteiger partial charge on any atom is -0.439 e. The number of fused-ring (bicyclic) bond motifs is 1. The van der Waals surface area contributed by atoms with Gasteiger partial charge >= 0.3 is 6.18 Å². The average molecular weight is 381 g/mol. The van der Waals surface area contributed by atoms with E-state index >= 15 is 0 Å². The molecule has 27 heavy (non-hydrogen) atoms. The summed E-state index contributed by atoms with van der Waals surface area (Å²) in [6.45, 7) is -0.159. The molecule has 3 N–H and O–H groups in total. The van der Waals surface area contributed by atoms with Gasteiger partial charge in [-0.1, -0.05) is 6.07 Å². The number of aliphatic hydroxyl groups excluding tert-OH is 1. The Labute approximate surface area is 153 Å². The predicted octanol–water partition coefficient (Wildman–Crippen LogP) is 2.62. The highest BCUT2D eigenvalue weighted by Gasteiger charge is 2.33. The minimum atomic E-state index is -4.62. The molecule has 1 aliphatic rings. The van der Waals surface area contributed by atoms with Gasteiger partial charge in [0.1, 0.15) is 11.4 Å². The topological polar surface area (TPSA) is 88.7 Å². The van der Waals surface area contributed by atoms with Crippen LogP contribution in [0.5, 0.6) is 11.6 Å². The second kappa shape index (κ2) is 7.53. The maximum Gasteiger partial charge on any atom is 0.433 e. The van der Waals surface area contributed by atoms with E-state index in [0.717, 1.165) is 6.07 Å². The van der Waals surface area contributed by atoms with Crippen molar-refractivity contribution in [2.24, 2.45) is 5.73 Å². The van der Waals surface area contributed by atoms with Gasteiger partial charge in [-0.15, -0.1) is 0 Å². The third-order valence-corrected chi connectivity index (χ3v) is 4.21. The number of hydrogen-bond acceptors (Lipinski definition) is 5. The molecule has 0 saturated carbocycles. The molecule has 1 aliphatic heterocycles. The van der Waals surface area contributed by atoms with Gasteiger partial charge in [-0.05, 0) is 30.2 Å². The summed E-state index contributed by atoms with van der Waals surface area (Å²) < 4.78 is 44.8. The number of carbonyl (C=O) groups excluding carboxylic acids is 1. The Bertz CT molecular complexity index is 855. The molecule has 1 amide bonds. The zero-order valence-electron chi connectivity index (χ0n) is 14.3. The predicted molar refractivity (Wildman–Crippen MR) is 91.4 cm³/mol. The van der Waals surface area contributed by atoms with Crippen molar-refractivity contribution in [1.82, 2.24) is 4.98 Å². The molecule has 9 heteroatoms. The second-order valence-corrected chi connectivity index (χ2v) is 6.03. The SMILES string of the molecule is NCc1cc(Oc2cccc3c2CCC(=O)N3CCO)nc(C(F)(F)F)c1. The van der Waals surface area contributed by atoms with E-state index in [1.54, 1.807) is 18.2 Å². The van der Waals surface area contributed by atoms with E-state index in [9.17, 15) is 23.1 Å². The Morgan fingerprint density at radius 1 is 1.26 bits per heavy atom. The lowest BCUT2D eigenvalue weighted by atomic mass is 10.00. The first-order valence-corrected chi connectivity index (χ1v) is 8.32. The molecule has 0 spiro atoms. The highest BCUT2D eigenvalue weighted by molar-refractivity contribution is 5.97. The molecule has 6 nitrogen and oxygen atoms in total. The number of aliphatic hydroxyl groups is 1. The van der Waals surface area contributed by atoms with Crippen LogP contribution >= 0.6 is 0 Å². The molecule has 0 fully saturated rings. The Kier molecular flexibility index (Phi) is 5.33. The highest BCUT2D eigenvalue weighted by Crippen LogP contribution is 2.37. The molecule has 144 valence electrons. The van der Waals surface area contributed by atoms with Crippen molar-refractivity contribution in [2.45, 2.75) is 25.6 Å². The fraction of sp³-hybridized carbons (Fsp3) is 0.333. The van der Waals surface area contributed by atoms with Crippen molar-refractivity contribution in [2.75, 3.05) is 18.1 Å². The number of amides is 1. The van der Waals surface area contributed by atoms with E-state index < -0.39 is 11.9 Å². The number of hydrogen-bond donors (Lipinski definition) is 2. The number of benzene rings is 1. The highest BCUT2D eigenvalue weighted by atomic mass is 19.4. The molecular formula is C18H18F3N3O3.